The Hall–Kier alpha value is -3.81. The normalized spacial score (nSPS) is 18.4. The lowest BCUT2D eigenvalue weighted by Crippen LogP contribution is -2.59. The summed E-state index contributed by atoms with van der Waals surface area (Å²) in [5.74, 6) is -1.20. The van der Waals surface area contributed by atoms with Crippen molar-refractivity contribution in [1.82, 2.24) is 21.1 Å². The minimum atomic E-state index is -1.17. The van der Waals surface area contributed by atoms with E-state index in [9.17, 15) is 19.2 Å². The van der Waals surface area contributed by atoms with E-state index in [0.717, 1.165) is 5.56 Å². The molecule has 13 nitrogen and oxygen atoms in total. The van der Waals surface area contributed by atoms with E-state index in [1.54, 1.807) is 45.2 Å². The smallest absolute Gasteiger partial charge is 0.274 e. The molecule has 0 aliphatic carbocycles. The van der Waals surface area contributed by atoms with Gasteiger partial charge in [-0.15, -0.1) is 0 Å². The lowest BCUT2D eigenvalue weighted by molar-refractivity contribution is -0.134. The van der Waals surface area contributed by atoms with Gasteiger partial charge in [0.05, 0.1) is 33.0 Å². The molecule has 13 heteroatoms. The highest BCUT2D eigenvalue weighted by molar-refractivity contribution is 5.99. The van der Waals surface area contributed by atoms with Crippen LogP contribution in [0.1, 0.15) is 28.7 Å². The second kappa shape index (κ2) is 13.3. The molecule has 0 bridgehead atoms. The first-order chi connectivity index (χ1) is 18.6. The summed E-state index contributed by atoms with van der Waals surface area (Å²) < 4.78 is 25.6. The van der Waals surface area contributed by atoms with Crippen molar-refractivity contribution in [3.8, 4) is 5.75 Å². The van der Waals surface area contributed by atoms with Gasteiger partial charge in [0, 0.05) is 20.3 Å². The highest BCUT2D eigenvalue weighted by Gasteiger charge is 2.50. The number of aromatic nitrogens is 1. The molecule has 212 valence electrons. The van der Waals surface area contributed by atoms with Gasteiger partial charge in [-0.2, -0.15) is 0 Å². The molecule has 0 saturated carbocycles. The summed E-state index contributed by atoms with van der Waals surface area (Å²) in [6.07, 6.45) is 0.195. The number of carbonyl (C=O) groups is 4. The number of amides is 3. The van der Waals surface area contributed by atoms with Gasteiger partial charge in [-0.3, -0.25) is 19.2 Å². The van der Waals surface area contributed by atoms with Gasteiger partial charge in [0.2, 0.25) is 11.8 Å². The fraction of sp³-hybridized carbons (Fsp3) is 0.500. The van der Waals surface area contributed by atoms with Gasteiger partial charge in [-0.1, -0.05) is 17.3 Å². The van der Waals surface area contributed by atoms with E-state index in [2.05, 4.69) is 21.1 Å². The molecule has 1 aromatic carbocycles. The maximum atomic E-state index is 13.3. The number of nitrogens with zero attached hydrogens (tertiary/aromatic N) is 1. The molecule has 1 saturated heterocycles. The van der Waals surface area contributed by atoms with Crippen LogP contribution in [-0.4, -0.2) is 93.5 Å². The van der Waals surface area contributed by atoms with Gasteiger partial charge < -0.3 is 39.4 Å². The van der Waals surface area contributed by atoms with Crippen LogP contribution in [0.3, 0.4) is 0 Å². The zero-order valence-corrected chi connectivity index (χ0v) is 22.6. The Bertz CT molecular complexity index is 1160. The maximum Gasteiger partial charge on any atom is 0.274 e. The number of rotatable bonds is 15. The van der Waals surface area contributed by atoms with E-state index < -0.39 is 41.4 Å². The van der Waals surface area contributed by atoms with Crippen LogP contribution in [0.5, 0.6) is 5.75 Å². The fourth-order valence-corrected chi connectivity index (χ4v) is 3.78. The summed E-state index contributed by atoms with van der Waals surface area (Å²) in [5.41, 5.74) is -0.210. The summed E-state index contributed by atoms with van der Waals surface area (Å²) in [4.78, 5) is 52.0. The number of nitrogens with one attached hydrogen (secondary N) is 3. The monoisotopic (exact) mass is 546 g/mol. The van der Waals surface area contributed by atoms with Gasteiger partial charge >= 0.3 is 0 Å². The Balaban J connectivity index is 1.71. The number of Topliss-reactive ketones (excluding diaryl/α,β-unsaturated/α-hetero) is 1. The van der Waals surface area contributed by atoms with Crippen LogP contribution in [0.2, 0.25) is 0 Å². The lowest BCUT2D eigenvalue weighted by atomic mass is 9.94. The van der Waals surface area contributed by atoms with E-state index in [-0.39, 0.29) is 37.7 Å². The zero-order valence-electron chi connectivity index (χ0n) is 22.6. The van der Waals surface area contributed by atoms with Gasteiger partial charge in [0.15, 0.2) is 11.5 Å². The van der Waals surface area contributed by atoms with E-state index in [1.165, 1.54) is 20.3 Å². The second-order valence-corrected chi connectivity index (χ2v) is 9.32. The highest BCUT2D eigenvalue weighted by Crippen LogP contribution is 2.29. The van der Waals surface area contributed by atoms with E-state index in [0.29, 0.717) is 11.5 Å². The summed E-state index contributed by atoms with van der Waals surface area (Å²) in [6.45, 7) is 3.17. The van der Waals surface area contributed by atoms with Gasteiger partial charge in [0.25, 0.3) is 5.91 Å². The number of hydrogen-bond donors (Lipinski definition) is 3. The molecule has 4 unspecified atom stereocenters. The molecule has 4 atom stereocenters. The lowest BCUT2D eigenvalue weighted by Gasteiger charge is -2.25. The molecule has 3 amide bonds. The van der Waals surface area contributed by atoms with Crippen LogP contribution in [0, 0.1) is 6.92 Å². The molecule has 39 heavy (non-hydrogen) atoms. The Kier molecular flexibility index (Phi) is 10.2. The van der Waals surface area contributed by atoms with Gasteiger partial charge in [-0.25, -0.2) is 0 Å². The number of hydrogen-bond acceptors (Lipinski definition) is 10. The Labute approximate surface area is 225 Å². The predicted molar refractivity (Wildman–Crippen MR) is 136 cm³/mol. The second-order valence-electron chi connectivity index (χ2n) is 9.32. The highest BCUT2D eigenvalue weighted by atomic mass is 16.6. The van der Waals surface area contributed by atoms with Gasteiger partial charge in [0.1, 0.15) is 29.2 Å². The SMILES string of the molecule is COCC(NC(=O)c1cc(C)on1)C(=O)NC(COC)C(=O)NC(Cc1ccc(OC)cc1)C(=O)C1(C)CO1. The molecule has 1 fully saturated rings. The van der Waals surface area contributed by atoms with Crippen molar-refractivity contribution in [2.75, 3.05) is 41.2 Å². The van der Waals surface area contributed by atoms with Crippen LogP contribution < -0.4 is 20.7 Å². The Morgan fingerprint density at radius 2 is 1.51 bits per heavy atom. The largest absolute Gasteiger partial charge is 0.497 e. The van der Waals surface area contributed by atoms with Crippen molar-refractivity contribution < 1.29 is 42.6 Å². The first kappa shape index (κ1) is 29.7. The standard InChI is InChI=1S/C26H34N4O9/c1-15-10-19(30-39-15)23(32)28-21(13-36-4)25(34)29-20(12-35-3)24(33)27-18(22(31)26(2)14-38-26)11-16-6-8-17(37-5)9-7-16/h6-10,18,20-21H,11-14H2,1-5H3,(H,27,33)(H,28,32)(H,29,34). The first-order valence-electron chi connectivity index (χ1n) is 12.2. The third-order valence-electron chi connectivity index (χ3n) is 6.11. The molecule has 0 spiro atoms. The van der Waals surface area contributed by atoms with Crippen LogP contribution in [-0.2, 0) is 35.0 Å². The number of carbonyl (C=O) groups excluding carboxylic acids is 4. The van der Waals surface area contributed by atoms with Crippen molar-refractivity contribution in [2.24, 2.45) is 0 Å². The number of benzene rings is 1. The zero-order chi connectivity index (χ0) is 28.6. The summed E-state index contributed by atoms with van der Waals surface area (Å²) in [5, 5.41) is 11.4. The van der Waals surface area contributed by atoms with Crippen molar-refractivity contribution >= 4 is 23.5 Å². The number of methoxy groups -OCH3 is 3. The molecule has 0 radical (unpaired) electrons. The fourth-order valence-electron chi connectivity index (χ4n) is 3.78. The van der Waals surface area contributed by atoms with Crippen molar-refractivity contribution in [1.29, 1.82) is 0 Å². The minimum Gasteiger partial charge on any atom is -0.497 e. The quantitative estimate of drug-likeness (QED) is 0.257. The summed E-state index contributed by atoms with van der Waals surface area (Å²) in [6, 6.07) is 5.27. The van der Waals surface area contributed by atoms with Crippen molar-refractivity contribution in [3.05, 3.63) is 47.3 Å². The van der Waals surface area contributed by atoms with E-state index >= 15 is 0 Å². The van der Waals surface area contributed by atoms with Crippen LogP contribution in [0.15, 0.2) is 34.9 Å². The topological polar surface area (TPSA) is 171 Å². The summed E-state index contributed by atoms with van der Waals surface area (Å²) >= 11 is 0. The Morgan fingerprint density at radius 3 is 2.00 bits per heavy atom. The molecule has 2 heterocycles. The molecular formula is C26H34N4O9. The molecule has 1 aromatic heterocycles. The molecule has 1 aliphatic rings. The predicted octanol–water partition coefficient (Wildman–Crippen LogP) is -0.0469. The van der Waals surface area contributed by atoms with Crippen molar-refractivity contribution in [3.63, 3.8) is 0 Å². The minimum absolute atomic E-state index is 0.0109. The molecule has 3 rings (SSSR count). The van der Waals surface area contributed by atoms with E-state index in [1.807, 2.05) is 0 Å². The number of epoxide rings is 1. The van der Waals surface area contributed by atoms with Gasteiger partial charge in [-0.05, 0) is 38.0 Å². The average Bonchev–Trinajstić information content (AvgIpc) is 3.52. The van der Waals surface area contributed by atoms with Crippen LogP contribution in [0.25, 0.3) is 0 Å². The Morgan fingerprint density at radius 1 is 0.949 bits per heavy atom. The van der Waals surface area contributed by atoms with E-state index in [4.69, 9.17) is 23.5 Å². The third kappa shape index (κ3) is 8.09. The van der Waals surface area contributed by atoms with Crippen LogP contribution >= 0.6 is 0 Å². The molecular weight excluding hydrogens is 512 g/mol. The molecule has 1 aliphatic heterocycles. The third-order valence-corrected chi connectivity index (χ3v) is 6.11. The average molecular weight is 547 g/mol. The maximum absolute atomic E-state index is 13.3. The van der Waals surface area contributed by atoms with Crippen molar-refractivity contribution in [2.45, 2.75) is 44.0 Å². The summed E-state index contributed by atoms with van der Waals surface area (Å²) in [7, 11) is 4.28. The molecule has 3 N–H and O–H groups in total. The number of ether oxygens (including phenoxy) is 4. The first-order valence-corrected chi connectivity index (χ1v) is 12.2. The number of aryl methyl sites for hydroxylation is 1. The number of ketones is 1. The molecule has 2 aromatic rings. The van der Waals surface area contributed by atoms with Crippen LogP contribution in [0.4, 0.5) is 0 Å².